The van der Waals surface area contributed by atoms with E-state index >= 15 is 0 Å². The van der Waals surface area contributed by atoms with E-state index in [0.29, 0.717) is 21.8 Å². The van der Waals surface area contributed by atoms with Crippen LogP contribution in [0.4, 0.5) is 5.69 Å². The molecule has 5 heteroatoms. The van der Waals surface area contributed by atoms with Crippen molar-refractivity contribution in [2.24, 2.45) is 0 Å². The SMILES string of the molecule is O=C([O-])CNc1ccc(Cl)cc1C(=O)c1ccccc1. The second kappa shape index (κ2) is 6.21. The molecule has 4 nitrogen and oxygen atoms in total. The normalized spacial score (nSPS) is 10.1. The number of hydrogen-bond acceptors (Lipinski definition) is 4. The summed E-state index contributed by atoms with van der Waals surface area (Å²) >= 11 is 5.90. The van der Waals surface area contributed by atoms with Crippen molar-refractivity contribution >= 4 is 29.0 Å². The Bertz CT molecular complexity index is 641. The van der Waals surface area contributed by atoms with Gasteiger partial charge in [0.25, 0.3) is 0 Å². The fraction of sp³-hybridized carbons (Fsp3) is 0.0667. The fourth-order valence-electron chi connectivity index (χ4n) is 1.77. The van der Waals surface area contributed by atoms with Crippen LogP contribution in [0.15, 0.2) is 48.5 Å². The number of anilines is 1. The predicted molar refractivity (Wildman–Crippen MR) is 74.8 cm³/mol. The van der Waals surface area contributed by atoms with Crippen molar-refractivity contribution in [1.82, 2.24) is 0 Å². The molecule has 2 aromatic rings. The molecule has 0 fully saturated rings. The average molecular weight is 289 g/mol. The first kappa shape index (κ1) is 14.1. The number of carboxylic acid groups (broad SMARTS) is 1. The summed E-state index contributed by atoms with van der Waals surface area (Å²) in [5.74, 6) is -1.48. The van der Waals surface area contributed by atoms with Crippen molar-refractivity contribution in [2.75, 3.05) is 11.9 Å². The minimum Gasteiger partial charge on any atom is -0.548 e. The Morgan fingerprint density at radius 1 is 1.10 bits per heavy atom. The highest BCUT2D eigenvalue weighted by Crippen LogP contribution is 2.23. The summed E-state index contributed by atoms with van der Waals surface area (Å²) in [5, 5.41) is 13.6. The summed E-state index contributed by atoms with van der Waals surface area (Å²) in [6, 6.07) is 13.4. The number of carbonyl (C=O) groups is 2. The van der Waals surface area contributed by atoms with Crippen LogP contribution in [0.25, 0.3) is 0 Å². The third-order valence-corrected chi connectivity index (χ3v) is 2.92. The molecule has 20 heavy (non-hydrogen) atoms. The monoisotopic (exact) mass is 288 g/mol. The lowest BCUT2D eigenvalue weighted by molar-refractivity contribution is -0.302. The standard InChI is InChI=1S/C15H12ClNO3/c16-11-6-7-13(17-9-14(18)19)12(8-11)15(20)10-4-2-1-3-5-10/h1-8,17H,9H2,(H,18,19)/p-1. The molecule has 0 unspecified atom stereocenters. The number of carbonyl (C=O) groups excluding carboxylic acids is 2. The third-order valence-electron chi connectivity index (χ3n) is 2.69. The van der Waals surface area contributed by atoms with Gasteiger partial charge in [-0.05, 0) is 18.2 Å². The predicted octanol–water partition coefficient (Wildman–Crippen LogP) is 1.73. The minimum absolute atomic E-state index is 0.228. The number of hydrogen-bond donors (Lipinski definition) is 1. The van der Waals surface area contributed by atoms with E-state index in [1.54, 1.807) is 36.4 Å². The number of nitrogens with one attached hydrogen (secondary N) is 1. The molecular formula is C15H11ClNO3-. The molecule has 2 aromatic carbocycles. The summed E-state index contributed by atoms with van der Waals surface area (Å²) in [6.45, 7) is -0.378. The number of benzene rings is 2. The van der Waals surface area contributed by atoms with Crippen molar-refractivity contribution in [3.63, 3.8) is 0 Å². The van der Waals surface area contributed by atoms with Gasteiger partial charge < -0.3 is 15.2 Å². The molecule has 0 aliphatic rings. The van der Waals surface area contributed by atoms with Crippen LogP contribution in [0, 0.1) is 0 Å². The highest BCUT2D eigenvalue weighted by atomic mass is 35.5. The van der Waals surface area contributed by atoms with E-state index in [0.717, 1.165) is 0 Å². The van der Waals surface area contributed by atoms with Gasteiger partial charge in [0.15, 0.2) is 5.78 Å². The summed E-state index contributed by atoms with van der Waals surface area (Å²) < 4.78 is 0. The number of rotatable bonds is 5. The van der Waals surface area contributed by atoms with E-state index in [-0.39, 0.29) is 12.3 Å². The molecule has 0 aromatic heterocycles. The summed E-state index contributed by atoms with van der Waals surface area (Å²) in [7, 11) is 0. The van der Waals surface area contributed by atoms with Crippen LogP contribution in [-0.4, -0.2) is 18.3 Å². The first-order valence-electron chi connectivity index (χ1n) is 5.91. The molecule has 0 spiro atoms. The number of carboxylic acids is 1. The molecule has 0 bridgehead atoms. The van der Waals surface area contributed by atoms with Crippen molar-refractivity contribution in [2.45, 2.75) is 0 Å². The van der Waals surface area contributed by atoms with Crippen LogP contribution in [0.3, 0.4) is 0 Å². The summed E-state index contributed by atoms with van der Waals surface area (Å²) in [4.78, 5) is 22.9. The van der Waals surface area contributed by atoms with Gasteiger partial charge in [-0.2, -0.15) is 0 Å². The van der Waals surface area contributed by atoms with Crippen LogP contribution in [0.5, 0.6) is 0 Å². The Morgan fingerprint density at radius 3 is 2.45 bits per heavy atom. The first-order chi connectivity index (χ1) is 9.58. The smallest absolute Gasteiger partial charge is 0.195 e. The number of halogens is 1. The van der Waals surface area contributed by atoms with Crippen molar-refractivity contribution in [3.05, 3.63) is 64.7 Å². The molecule has 0 radical (unpaired) electrons. The van der Waals surface area contributed by atoms with Gasteiger partial charge in [0.1, 0.15) is 0 Å². The fourth-order valence-corrected chi connectivity index (χ4v) is 1.94. The maximum absolute atomic E-state index is 12.4. The van der Waals surface area contributed by atoms with Gasteiger partial charge in [-0.25, -0.2) is 0 Å². The second-order valence-corrected chi connectivity index (χ2v) is 4.55. The molecule has 0 aliphatic heterocycles. The summed E-state index contributed by atoms with van der Waals surface area (Å²) in [5.41, 5.74) is 1.24. The Hall–Kier alpha value is -2.33. The van der Waals surface area contributed by atoms with Crippen LogP contribution in [0.1, 0.15) is 15.9 Å². The molecule has 0 saturated heterocycles. The van der Waals surface area contributed by atoms with Gasteiger partial charge in [-0.15, -0.1) is 0 Å². The third kappa shape index (κ3) is 3.36. The van der Waals surface area contributed by atoms with Gasteiger partial charge >= 0.3 is 0 Å². The van der Waals surface area contributed by atoms with E-state index in [1.165, 1.54) is 6.07 Å². The highest BCUT2D eigenvalue weighted by molar-refractivity contribution is 6.31. The maximum Gasteiger partial charge on any atom is 0.195 e. The van der Waals surface area contributed by atoms with E-state index in [2.05, 4.69) is 5.32 Å². The highest BCUT2D eigenvalue weighted by Gasteiger charge is 2.14. The number of aliphatic carboxylic acids is 1. The molecule has 2 rings (SSSR count). The lowest BCUT2D eigenvalue weighted by Gasteiger charge is -2.12. The first-order valence-corrected chi connectivity index (χ1v) is 6.29. The zero-order valence-corrected chi connectivity index (χ0v) is 11.2. The van der Waals surface area contributed by atoms with Gasteiger partial charge in [-0.3, -0.25) is 4.79 Å². The molecule has 0 heterocycles. The van der Waals surface area contributed by atoms with E-state index in [9.17, 15) is 14.7 Å². The Kier molecular flexibility index (Phi) is 4.38. The zero-order chi connectivity index (χ0) is 14.5. The lowest BCUT2D eigenvalue weighted by atomic mass is 10.0. The molecule has 0 saturated carbocycles. The Labute approximate surface area is 121 Å². The lowest BCUT2D eigenvalue weighted by Crippen LogP contribution is -2.30. The maximum atomic E-state index is 12.4. The molecular weight excluding hydrogens is 278 g/mol. The van der Waals surface area contributed by atoms with Crippen LogP contribution >= 0.6 is 11.6 Å². The van der Waals surface area contributed by atoms with Gasteiger partial charge in [0.05, 0.1) is 12.5 Å². The van der Waals surface area contributed by atoms with Gasteiger partial charge in [-0.1, -0.05) is 41.9 Å². The van der Waals surface area contributed by atoms with Crippen LogP contribution < -0.4 is 10.4 Å². The number of ketones is 1. The van der Waals surface area contributed by atoms with E-state index in [4.69, 9.17) is 11.6 Å². The minimum atomic E-state index is -1.25. The van der Waals surface area contributed by atoms with Crippen molar-refractivity contribution in [3.8, 4) is 0 Å². The van der Waals surface area contributed by atoms with Crippen molar-refractivity contribution in [1.29, 1.82) is 0 Å². The van der Waals surface area contributed by atoms with Gasteiger partial charge in [0.2, 0.25) is 0 Å². The quantitative estimate of drug-likeness (QED) is 0.851. The Balaban J connectivity index is 2.36. The molecule has 102 valence electrons. The Morgan fingerprint density at radius 2 is 1.80 bits per heavy atom. The molecule has 1 N–H and O–H groups in total. The second-order valence-electron chi connectivity index (χ2n) is 4.11. The van der Waals surface area contributed by atoms with E-state index in [1.807, 2.05) is 6.07 Å². The average Bonchev–Trinajstić information content (AvgIpc) is 2.46. The molecule has 0 aliphatic carbocycles. The topological polar surface area (TPSA) is 69.2 Å². The van der Waals surface area contributed by atoms with Crippen LogP contribution in [-0.2, 0) is 4.79 Å². The zero-order valence-electron chi connectivity index (χ0n) is 10.4. The van der Waals surface area contributed by atoms with Gasteiger partial charge in [0, 0.05) is 21.8 Å². The van der Waals surface area contributed by atoms with Crippen molar-refractivity contribution < 1.29 is 14.7 Å². The van der Waals surface area contributed by atoms with E-state index < -0.39 is 5.97 Å². The molecule has 0 atom stereocenters. The molecule has 0 amide bonds. The largest absolute Gasteiger partial charge is 0.548 e. The van der Waals surface area contributed by atoms with Crippen LogP contribution in [0.2, 0.25) is 5.02 Å². The summed E-state index contributed by atoms with van der Waals surface area (Å²) in [6.07, 6.45) is 0.